The van der Waals surface area contributed by atoms with Gasteiger partial charge in [-0.3, -0.25) is 9.10 Å². The summed E-state index contributed by atoms with van der Waals surface area (Å²) < 4.78 is 33.7. The third-order valence-corrected chi connectivity index (χ3v) is 6.72. The lowest BCUT2D eigenvalue weighted by Crippen LogP contribution is -2.38. The number of nitrogens with zero attached hydrogens (tertiary/aromatic N) is 1. The summed E-state index contributed by atoms with van der Waals surface area (Å²) in [5.74, 6) is 0.140. The van der Waals surface area contributed by atoms with Crippen LogP contribution in [0.3, 0.4) is 0 Å². The molecule has 0 aliphatic rings. The molecular weight excluding hydrogens is 468 g/mol. The van der Waals surface area contributed by atoms with E-state index in [0.717, 1.165) is 14.3 Å². The summed E-state index contributed by atoms with van der Waals surface area (Å²) in [4.78, 5) is 12.9. The number of hydrogen-bond donors (Lipinski definition) is 1. The van der Waals surface area contributed by atoms with E-state index in [2.05, 4.69) is 21.2 Å². The molecule has 6 nitrogen and oxygen atoms in total. The number of rotatable bonds is 7. The molecule has 0 spiro atoms. The summed E-state index contributed by atoms with van der Waals surface area (Å²) in [6.07, 6.45) is 0. The van der Waals surface area contributed by atoms with Crippen molar-refractivity contribution in [2.45, 2.75) is 11.8 Å². The van der Waals surface area contributed by atoms with E-state index in [9.17, 15) is 13.2 Å². The maximum absolute atomic E-state index is 13.3. The second-order valence-corrected chi connectivity index (χ2v) is 9.31. The Kier molecular flexibility index (Phi) is 6.79. The van der Waals surface area contributed by atoms with Crippen LogP contribution in [0.25, 0.3) is 0 Å². The molecule has 156 valence electrons. The third-order valence-electron chi connectivity index (χ3n) is 4.44. The average Bonchev–Trinajstić information content (AvgIpc) is 2.75. The van der Waals surface area contributed by atoms with E-state index < -0.39 is 15.9 Å². The molecule has 0 aliphatic heterocycles. The number of hydrogen-bond acceptors (Lipinski definition) is 4. The number of amides is 1. The SMILES string of the molecule is COc1ccc(N(CC(=O)Nc2ccc(Br)cc2C)S(=O)(=O)c2ccccc2)cc1. The van der Waals surface area contributed by atoms with E-state index in [4.69, 9.17) is 4.74 Å². The zero-order valence-corrected chi connectivity index (χ0v) is 18.9. The summed E-state index contributed by atoms with van der Waals surface area (Å²) >= 11 is 3.39. The number of sulfonamides is 1. The van der Waals surface area contributed by atoms with Gasteiger partial charge in [0.2, 0.25) is 5.91 Å². The van der Waals surface area contributed by atoms with Crippen molar-refractivity contribution >= 4 is 43.2 Å². The third kappa shape index (κ3) is 5.01. The smallest absolute Gasteiger partial charge is 0.264 e. The van der Waals surface area contributed by atoms with Crippen LogP contribution in [-0.2, 0) is 14.8 Å². The predicted molar refractivity (Wildman–Crippen MR) is 121 cm³/mol. The van der Waals surface area contributed by atoms with Gasteiger partial charge in [-0.05, 0) is 67.1 Å². The number of halogens is 1. The highest BCUT2D eigenvalue weighted by molar-refractivity contribution is 9.10. The zero-order valence-electron chi connectivity index (χ0n) is 16.5. The highest BCUT2D eigenvalue weighted by atomic mass is 79.9. The van der Waals surface area contributed by atoms with Crippen LogP contribution in [0.4, 0.5) is 11.4 Å². The first-order valence-corrected chi connectivity index (χ1v) is 11.3. The summed E-state index contributed by atoms with van der Waals surface area (Å²) in [7, 11) is -2.42. The topological polar surface area (TPSA) is 75.7 Å². The van der Waals surface area contributed by atoms with Gasteiger partial charge in [0.25, 0.3) is 10.0 Å². The van der Waals surface area contributed by atoms with Gasteiger partial charge in [-0.25, -0.2) is 8.42 Å². The van der Waals surface area contributed by atoms with Gasteiger partial charge in [-0.1, -0.05) is 34.1 Å². The molecule has 0 aliphatic carbocycles. The van der Waals surface area contributed by atoms with Crippen LogP contribution < -0.4 is 14.4 Å². The highest BCUT2D eigenvalue weighted by Crippen LogP contribution is 2.26. The number of aryl methyl sites for hydroxylation is 1. The summed E-state index contributed by atoms with van der Waals surface area (Å²) in [5.41, 5.74) is 1.84. The Hall–Kier alpha value is -2.84. The molecule has 3 rings (SSSR count). The minimum Gasteiger partial charge on any atom is -0.497 e. The lowest BCUT2D eigenvalue weighted by Gasteiger charge is -2.24. The monoisotopic (exact) mass is 488 g/mol. The number of carbonyl (C=O) groups is 1. The van der Waals surface area contributed by atoms with E-state index in [1.165, 1.54) is 19.2 Å². The molecular formula is C22H21BrN2O4S. The number of ether oxygens (including phenoxy) is 1. The van der Waals surface area contributed by atoms with Crippen molar-refractivity contribution in [3.8, 4) is 5.75 Å². The van der Waals surface area contributed by atoms with E-state index >= 15 is 0 Å². The quantitative estimate of drug-likeness (QED) is 0.527. The summed E-state index contributed by atoms with van der Waals surface area (Å²) in [6, 6.07) is 20.0. The molecule has 3 aromatic rings. The van der Waals surface area contributed by atoms with Gasteiger partial charge in [0, 0.05) is 10.2 Å². The Morgan fingerprint density at radius 1 is 1.03 bits per heavy atom. The first kappa shape index (κ1) is 21.9. The predicted octanol–water partition coefficient (Wildman–Crippen LogP) is 4.60. The van der Waals surface area contributed by atoms with E-state index in [-0.39, 0.29) is 11.4 Å². The zero-order chi connectivity index (χ0) is 21.7. The molecule has 0 aromatic heterocycles. The first-order chi connectivity index (χ1) is 14.3. The van der Waals surface area contributed by atoms with Crippen molar-refractivity contribution in [1.29, 1.82) is 0 Å². The minimum atomic E-state index is -3.95. The molecule has 0 radical (unpaired) electrons. The fourth-order valence-electron chi connectivity index (χ4n) is 2.87. The summed E-state index contributed by atoms with van der Waals surface area (Å²) in [5, 5.41) is 2.79. The Bertz CT molecular complexity index is 1130. The standard InChI is InChI=1S/C22H21BrN2O4S/c1-16-14-17(23)8-13-21(16)24-22(26)15-25(18-9-11-19(29-2)12-10-18)30(27,28)20-6-4-3-5-7-20/h3-14H,15H2,1-2H3,(H,24,26). The van der Waals surface area contributed by atoms with Crippen LogP contribution in [0, 0.1) is 6.92 Å². The molecule has 30 heavy (non-hydrogen) atoms. The molecule has 1 amide bonds. The molecule has 8 heteroatoms. The number of carbonyl (C=O) groups excluding carboxylic acids is 1. The molecule has 0 unspecified atom stereocenters. The van der Waals surface area contributed by atoms with Crippen molar-refractivity contribution in [3.05, 3.63) is 82.8 Å². The molecule has 0 saturated heterocycles. The Morgan fingerprint density at radius 3 is 2.30 bits per heavy atom. The second kappa shape index (κ2) is 9.32. The van der Waals surface area contributed by atoms with Gasteiger partial charge in [0.1, 0.15) is 12.3 Å². The van der Waals surface area contributed by atoms with Gasteiger partial charge in [-0.15, -0.1) is 0 Å². The van der Waals surface area contributed by atoms with Crippen molar-refractivity contribution in [2.75, 3.05) is 23.3 Å². The van der Waals surface area contributed by atoms with Gasteiger partial charge >= 0.3 is 0 Å². The second-order valence-electron chi connectivity index (χ2n) is 6.53. The van der Waals surface area contributed by atoms with Crippen LogP contribution in [0.5, 0.6) is 5.75 Å². The Labute approximate surface area is 184 Å². The van der Waals surface area contributed by atoms with Crippen molar-refractivity contribution in [2.24, 2.45) is 0 Å². The average molecular weight is 489 g/mol. The molecule has 0 fully saturated rings. The minimum absolute atomic E-state index is 0.105. The van der Waals surface area contributed by atoms with Crippen LogP contribution in [-0.4, -0.2) is 28.0 Å². The van der Waals surface area contributed by atoms with Crippen LogP contribution in [0.1, 0.15) is 5.56 Å². The van der Waals surface area contributed by atoms with Crippen molar-refractivity contribution < 1.29 is 17.9 Å². The number of benzene rings is 3. The Balaban J connectivity index is 1.93. The van der Waals surface area contributed by atoms with E-state index in [0.29, 0.717) is 17.1 Å². The van der Waals surface area contributed by atoms with Crippen LogP contribution >= 0.6 is 15.9 Å². The molecule has 1 N–H and O–H groups in total. The molecule has 0 bridgehead atoms. The van der Waals surface area contributed by atoms with Gasteiger partial charge in [0.15, 0.2) is 0 Å². The molecule has 3 aromatic carbocycles. The van der Waals surface area contributed by atoms with Crippen molar-refractivity contribution in [1.82, 2.24) is 0 Å². The maximum atomic E-state index is 13.3. The van der Waals surface area contributed by atoms with E-state index in [1.807, 2.05) is 19.1 Å². The normalized spacial score (nSPS) is 11.0. The number of nitrogens with one attached hydrogen (secondary N) is 1. The fourth-order valence-corrected chi connectivity index (χ4v) is 4.79. The van der Waals surface area contributed by atoms with Crippen molar-refractivity contribution in [3.63, 3.8) is 0 Å². The van der Waals surface area contributed by atoms with Gasteiger partial charge in [0.05, 0.1) is 17.7 Å². The van der Waals surface area contributed by atoms with Crippen LogP contribution in [0.15, 0.2) is 82.2 Å². The molecule has 0 heterocycles. The summed E-state index contributed by atoms with van der Waals surface area (Å²) in [6.45, 7) is 1.49. The largest absolute Gasteiger partial charge is 0.497 e. The Morgan fingerprint density at radius 2 is 1.70 bits per heavy atom. The van der Waals surface area contributed by atoms with Gasteiger partial charge in [-0.2, -0.15) is 0 Å². The fraction of sp³-hybridized carbons (Fsp3) is 0.136. The van der Waals surface area contributed by atoms with Crippen LogP contribution in [0.2, 0.25) is 0 Å². The highest BCUT2D eigenvalue weighted by Gasteiger charge is 2.27. The lowest BCUT2D eigenvalue weighted by atomic mass is 10.2. The number of anilines is 2. The molecule has 0 atom stereocenters. The number of methoxy groups -OCH3 is 1. The first-order valence-electron chi connectivity index (χ1n) is 9.09. The van der Waals surface area contributed by atoms with Gasteiger partial charge < -0.3 is 10.1 Å². The molecule has 0 saturated carbocycles. The van der Waals surface area contributed by atoms with E-state index in [1.54, 1.807) is 48.5 Å². The lowest BCUT2D eigenvalue weighted by molar-refractivity contribution is -0.114. The maximum Gasteiger partial charge on any atom is 0.264 e.